The minimum Gasteiger partial charge on any atom is -0.481 e. The molecular weight excluding hydrogens is 821 g/mol. The number of hydrogen-bond donors (Lipinski definition) is 0. The number of aliphatic imine (C=N–C) groups is 2. The summed E-state index contributed by atoms with van der Waals surface area (Å²) in [6.07, 6.45) is 0. The van der Waals surface area contributed by atoms with E-state index in [0.29, 0.717) is 55.9 Å². The van der Waals surface area contributed by atoms with Gasteiger partial charge in [-0.05, 0) is 64.1 Å². The van der Waals surface area contributed by atoms with Gasteiger partial charge < -0.3 is 9.47 Å². The number of thiazole rings is 2. The molecule has 60 heavy (non-hydrogen) atoms. The molecule has 0 spiro atoms. The number of halogens is 4. The third-order valence-corrected chi connectivity index (χ3v) is 12.1. The molecule has 0 unspecified atom stereocenters. The molecule has 18 heteroatoms. The largest absolute Gasteiger partial charge is 0.481 e. The van der Waals surface area contributed by atoms with Gasteiger partial charge in [0.05, 0.1) is 9.75 Å². The minimum atomic E-state index is -1.29. The Morgan fingerprint density at radius 3 is 1.23 bits per heavy atom. The molecule has 5 aromatic rings. The molecular formula is C42H18F4N8O4S2. The van der Waals surface area contributed by atoms with Crippen LogP contribution >= 0.6 is 22.7 Å². The maximum atomic E-state index is 14.4. The van der Waals surface area contributed by atoms with Crippen LogP contribution in [0.2, 0.25) is 0 Å². The highest BCUT2D eigenvalue weighted by Crippen LogP contribution is 2.57. The second-order valence-corrected chi connectivity index (χ2v) is 16.5. The minimum absolute atomic E-state index is 0.0280. The maximum absolute atomic E-state index is 14.4. The summed E-state index contributed by atoms with van der Waals surface area (Å²) in [5.74, 6) is -6.00. The highest BCUT2D eigenvalue weighted by atomic mass is 32.1. The number of ether oxygens (including phenoxy) is 2. The Balaban J connectivity index is 1.16. The summed E-state index contributed by atoms with van der Waals surface area (Å²) in [7, 11) is 0. The van der Waals surface area contributed by atoms with Gasteiger partial charge in [0.25, 0.3) is 0 Å². The number of nitrogens with zero attached hydrogens (tertiary/aromatic N) is 8. The predicted octanol–water partition coefficient (Wildman–Crippen LogP) is 9.28. The second kappa shape index (κ2) is 12.9. The number of carbonyl (C=O) groups excluding carboxylic acids is 2. The van der Waals surface area contributed by atoms with Crippen LogP contribution in [0.4, 0.5) is 27.8 Å². The van der Waals surface area contributed by atoms with Crippen molar-refractivity contribution in [3.05, 3.63) is 104 Å². The highest BCUT2D eigenvalue weighted by Gasteiger charge is 2.43. The van der Waals surface area contributed by atoms with E-state index in [1.165, 1.54) is 0 Å². The van der Waals surface area contributed by atoms with E-state index >= 15 is 0 Å². The van der Waals surface area contributed by atoms with E-state index in [-0.39, 0.29) is 55.1 Å². The van der Waals surface area contributed by atoms with Gasteiger partial charge in [-0.1, -0.05) is 22.7 Å². The molecule has 0 saturated heterocycles. The van der Waals surface area contributed by atoms with Crippen molar-refractivity contribution in [3.63, 3.8) is 0 Å². The van der Waals surface area contributed by atoms with E-state index in [1.807, 2.05) is 0 Å². The summed E-state index contributed by atoms with van der Waals surface area (Å²) in [6.45, 7) is 7.02. The maximum Gasteiger partial charge on any atom is 0.212 e. The van der Waals surface area contributed by atoms with Gasteiger partial charge in [0.1, 0.15) is 80.9 Å². The van der Waals surface area contributed by atoms with Crippen molar-refractivity contribution in [1.82, 2.24) is 9.97 Å². The monoisotopic (exact) mass is 838 g/mol. The number of rotatable bonds is 2. The number of benzene rings is 3. The normalized spacial score (nSPS) is 17.2. The number of aromatic nitrogens is 2. The van der Waals surface area contributed by atoms with E-state index in [9.17, 15) is 48.2 Å². The fraction of sp³-hybridized carbons (Fsp3) is 0.143. The molecule has 2 aliphatic carbocycles. The third kappa shape index (κ3) is 5.43. The molecule has 9 rings (SSSR count). The van der Waals surface area contributed by atoms with Gasteiger partial charge in [-0.2, -0.15) is 21.0 Å². The van der Waals surface area contributed by atoms with Gasteiger partial charge in [-0.3, -0.25) is 9.59 Å². The molecule has 0 bridgehead atoms. The number of fused-ring (bicyclic) bond motifs is 8. The van der Waals surface area contributed by atoms with Crippen molar-refractivity contribution >= 4 is 67.1 Å². The first-order chi connectivity index (χ1) is 28.5. The zero-order valence-corrected chi connectivity index (χ0v) is 32.6. The highest BCUT2D eigenvalue weighted by molar-refractivity contribution is 7.19. The topological polar surface area (TPSA) is 198 Å². The summed E-state index contributed by atoms with van der Waals surface area (Å²) in [6, 6.07) is 13.2. The Morgan fingerprint density at radius 1 is 0.567 bits per heavy atom. The fourth-order valence-electron chi connectivity index (χ4n) is 7.43. The molecule has 4 heterocycles. The van der Waals surface area contributed by atoms with E-state index in [1.54, 1.807) is 64.1 Å². The lowest BCUT2D eigenvalue weighted by molar-refractivity contribution is 0.0957. The Morgan fingerprint density at radius 2 is 0.900 bits per heavy atom. The van der Waals surface area contributed by atoms with Crippen molar-refractivity contribution in [3.8, 4) is 56.7 Å². The molecule has 4 aliphatic rings. The van der Waals surface area contributed by atoms with E-state index in [4.69, 9.17) is 9.47 Å². The average molecular weight is 839 g/mol. The summed E-state index contributed by atoms with van der Waals surface area (Å²) in [5, 5.41) is 38.9. The number of allylic oxidation sites excluding steroid dienone is 4. The molecule has 3 aromatic carbocycles. The molecule has 2 aromatic heterocycles. The molecule has 0 saturated carbocycles. The molecule has 2 aliphatic heterocycles. The first-order valence-corrected chi connectivity index (χ1v) is 19.1. The van der Waals surface area contributed by atoms with Crippen molar-refractivity contribution in [1.29, 1.82) is 21.0 Å². The van der Waals surface area contributed by atoms with Crippen LogP contribution < -0.4 is 9.47 Å². The second-order valence-electron chi connectivity index (χ2n) is 14.6. The van der Waals surface area contributed by atoms with Crippen LogP contribution in [0.25, 0.3) is 32.0 Å². The number of carbonyl (C=O) groups is 2. The van der Waals surface area contributed by atoms with Crippen LogP contribution in [0, 0.1) is 68.6 Å². The number of ketones is 2. The van der Waals surface area contributed by atoms with Gasteiger partial charge >= 0.3 is 0 Å². The third-order valence-electron chi connectivity index (χ3n) is 10.1. The lowest BCUT2D eigenvalue weighted by Gasteiger charge is -2.35. The first kappa shape index (κ1) is 37.9. The Kier molecular flexibility index (Phi) is 8.17. The van der Waals surface area contributed by atoms with Gasteiger partial charge in [0.2, 0.25) is 21.8 Å². The number of Topliss-reactive ketones (excluding diaryl/α,β-unsaturated/α-hetero) is 2. The van der Waals surface area contributed by atoms with Crippen molar-refractivity contribution < 1.29 is 36.6 Å². The Hall–Kier alpha value is -7.64. The number of nitriles is 4. The average Bonchev–Trinajstić information content (AvgIpc) is 3.95. The fourth-order valence-corrected chi connectivity index (χ4v) is 9.66. The van der Waals surface area contributed by atoms with Gasteiger partial charge in [-0.25, -0.2) is 37.5 Å². The van der Waals surface area contributed by atoms with Crippen LogP contribution in [0.1, 0.15) is 70.9 Å². The molecule has 0 radical (unpaired) electrons. The standard InChI is InChI=1S/C42H18F4N8O4S2/c1-41(2)37-35(59-39(53-37)51-31-29(15(11-47)12-48)17-5-23(43)25(45)7-19(17)33(31)55)21-10-28-22(9-27(21)57-41)36-38(42(3,4)58-28)54-40(60-36)52-32-30(16(13-49)14-50)18-6-24(44)26(46)8-20(18)34(32)56/h5-10H,1-4H3. The Labute approximate surface area is 343 Å². The van der Waals surface area contributed by atoms with Gasteiger partial charge in [-0.15, -0.1) is 0 Å². The van der Waals surface area contributed by atoms with Crippen molar-refractivity contribution in [2.24, 2.45) is 9.98 Å². The van der Waals surface area contributed by atoms with E-state index in [0.717, 1.165) is 34.8 Å². The van der Waals surface area contributed by atoms with Crippen LogP contribution in [0.5, 0.6) is 11.5 Å². The zero-order chi connectivity index (χ0) is 42.7. The van der Waals surface area contributed by atoms with Gasteiger partial charge in [0.15, 0.2) is 23.3 Å². The van der Waals surface area contributed by atoms with E-state index < -0.39 is 57.2 Å². The lowest BCUT2D eigenvalue weighted by atomic mass is 9.92. The quantitative estimate of drug-likeness (QED) is 0.122. The van der Waals surface area contributed by atoms with Crippen LogP contribution in [0.3, 0.4) is 0 Å². The molecule has 0 N–H and O–H groups in total. The Bertz CT molecular complexity index is 3010. The first-order valence-electron chi connectivity index (χ1n) is 17.4. The molecule has 290 valence electrons. The molecule has 12 nitrogen and oxygen atoms in total. The summed E-state index contributed by atoms with van der Waals surface area (Å²) < 4.78 is 70.2. The number of hydrogen-bond acceptors (Lipinski definition) is 14. The lowest BCUT2D eigenvalue weighted by Crippen LogP contribution is -2.31. The predicted molar refractivity (Wildman–Crippen MR) is 208 cm³/mol. The molecule has 0 amide bonds. The van der Waals surface area contributed by atoms with E-state index in [2.05, 4.69) is 20.0 Å². The van der Waals surface area contributed by atoms with Gasteiger partial charge in [0, 0.05) is 44.5 Å². The summed E-state index contributed by atoms with van der Waals surface area (Å²) in [4.78, 5) is 46.5. The van der Waals surface area contributed by atoms with Crippen molar-refractivity contribution in [2.75, 3.05) is 0 Å². The SMILES string of the molecule is CC1(C)Oc2cc3c(cc2-c2sc(N=C4C(=O)c5cc(F)c(F)cc5C4=C(C#N)C#N)nc21)OC(C)(C)c1nc(N=C2C(=O)c4cc(F)c(F)cc4C2=C(C#N)C#N)sc1-3. The summed E-state index contributed by atoms with van der Waals surface area (Å²) >= 11 is 2.13. The van der Waals surface area contributed by atoms with Crippen molar-refractivity contribution in [2.45, 2.75) is 38.9 Å². The van der Waals surface area contributed by atoms with Crippen LogP contribution in [0.15, 0.2) is 57.5 Å². The van der Waals surface area contributed by atoms with Crippen LogP contribution in [-0.2, 0) is 11.2 Å². The molecule has 0 atom stereocenters. The molecule has 0 fully saturated rings. The zero-order valence-electron chi connectivity index (χ0n) is 31.0. The smallest absolute Gasteiger partial charge is 0.212 e. The van der Waals surface area contributed by atoms with Crippen LogP contribution in [-0.4, -0.2) is 33.0 Å². The summed E-state index contributed by atoms with van der Waals surface area (Å²) in [5.41, 5.74) is -3.38.